The van der Waals surface area contributed by atoms with Crippen LogP contribution in [0.3, 0.4) is 0 Å². The second kappa shape index (κ2) is 6.05. The molecule has 1 saturated carbocycles. The van der Waals surface area contributed by atoms with Gasteiger partial charge in [-0.1, -0.05) is 40.5 Å². The molecule has 2 N–H and O–H groups in total. The maximum absolute atomic E-state index is 12.8. The lowest BCUT2D eigenvalue weighted by atomic mass is 9.69. The summed E-state index contributed by atoms with van der Waals surface area (Å²) < 4.78 is 0. The Morgan fingerprint density at radius 3 is 2.50 bits per heavy atom. The van der Waals surface area contributed by atoms with E-state index in [4.69, 9.17) is 0 Å². The average Bonchev–Trinajstić information content (AvgIpc) is 2.88. The molecule has 2 fully saturated rings. The van der Waals surface area contributed by atoms with Gasteiger partial charge in [0.15, 0.2) is 0 Å². The van der Waals surface area contributed by atoms with Gasteiger partial charge in [0.1, 0.15) is 0 Å². The Labute approximate surface area is 124 Å². The zero-order valence-corrected chi connectivity index (χ0v) is 13.7. The third-order valence-corrected chi connectivity index (χ3v) is 5.48. The van der Waals surface area contributed by atoms with Crippen molar-refractivity contribution < 1.29 is 4.79 Å². The van der Waals surface area contributed by atoms with E-state index in [1.165, 1.54) is 19.3 Å². The van der Waals surface area contributed by atoms with Crippen LogP contribution in [0.1, 0.15) is 72.6 Å². The van der Waals surface area contributed by atoms with E-state index in [-0.39, 0.29) is 16.9 Å². The molecular weight excluding hydrogens is 248 g/mol. The predicted octanol–water partition coefficient (Wildman–Crippen LogP) is 3.24. The highest BCUT2D eigenvalue weighted by Gasteiger charge is 2.42. The molecule has 0 aromatic heterocycles. The molecule has 20 heavy (non-hydrogen) atoms. The molecule has 3 unspecified atom stereocenters. The van der Waals surface area contributed by atoms with Gasteiger partial charge in [-0.2, -0.15) is 0 Å². The van der Waals surface area contributed by atoms with Gasteiger partial charge in [-0.25, -0.2) is 0 Å². The summed E-state index contributed by atoms with van der Waals surface area (Å²) in [5.74, 6) is 0.856. The standard InChI is InChI=1S/C17H32N2O/c1-5-17(11-8-12-18-17)15(20)19-14-10-7-6-9-13(14)16(2,3)4/h13-14,18H,5-12H2,1-4H3,(H,19,20). The van der Waals surface area contributed by atoms with E-state index in [2.05, 4.69) is 38.3 Å². The zero-order chi connectivity index (χ0) is 14.8. The third kappa shape index (κ3) is 3.19. The zero-order valence-electron chi connectivity index (χ0n) is 13.7. The van der Waals surface area contributed by atoms with Crippen LogP contribution in [0, 0.1) is 11.3 Å². The van der Waals surface area contributed by atoms with Crippen molar-refractivity contribution in [3.8, 4) is 0 Å². The van der Waals surface area contributed by atoms with Crippen LogP contribution in [0.2, 0.25) is 0 Å². The minimum absolute atomic E-state index is 0.249. The SMILES string of the molecule is CCC1(C(=O)NC2CCCCC2C(C)(C)C)CCCN1. The van der Waals surface area contributed by atoms with Crippen molar-refractivity contribution in [3.05, 3.63) is 0 Å². The Kier molecular flexibility index (Phi) is 4.78. The molecule has 2 aliphatic rings. The monoisotopic (exact) mass is 280 g/mol. The van der Waals surface area contributed by atoms with E-state index < -0.39 is 0 Å². The second-order valence-corrected chi connectivity index (χ2v) is 7.80. The normalized spacial score (nSPS) is 35.0. The van der Waals surface area contributed by atoms with Crippen molar-refractivity contribution >= 4 is 5.91 Å². The molecule has 1 amide bonds. The molecule has 2 rings (SSSR count). The van der Waals surface area contributed by atoms with E-state index >= 15 is 0 Å². The Hall–Kier alpha value is -0.570. The molecule has 3 atom stereocenters. The van der Waals surface area contributed by atoms with Gasteiger partial charge in [-0.15, -0.1) is 0 Å². The van der Waals surface area contributed by atoms with Crippen LogP contribution in [-0.2, 0) is 4.79 Å². The third-order valence-electron chi connectivity index (χ3n) is 5.48. The molecule has 3 heteroatoms. The number of amides is 1. The highest BCUT2D eigenvalue weighted by atomic mass is 16.2. The van der Waals surface area contributed by atoms with Crippen LogP contribution in [0.25, 0.3) is 0 Å². The molecule has 116 valence electrons. The Bertz CT molecular complexity index is 339. The number of rotatable bonds is 3. The quantitative estimate of drug-likeness (QED) is 0.833. The topological polar surface area (TPSA) is 41.1 Å². The fourth-order valence-corrected chi connectivity index (χ4v) is 4.11. The van der Waals surface area contributed by atoms with Gasteiger partial charge in [0.2, 0.25) is 5.91 Å². The number of nitrogens with one attached hydrogen (secondary N) is 2. The first-order chi connectivity index (χ1) is 9.39. The number of carbonyl (C=O) groups excluding carboxylic acids is 1. The fraction of sp³-hybridized carbons (Fsp3) is 0.941. The van der Waals surface area contributed by atoms with Crippen molar-refractivity contribution in [2.75, 3.05) is 6.54 Å². The molecule has 0 aromatic rings. The van der Waals surface area contributed by atoms with Gasteiger partial charge in [0, 0.05) is 6.04 Å². The Morgan fingerprint density at radius 2 is 1.95 bits per heavy atom. The molecule has 0 aromatic carbocycles. The first-order valence-corrected chi connectivity index (χ1v) is 8.45. The summed E-state index contributed by atoms with van der Waals surface area (Å²) in [4.78, 5) is 12.8. The lowest BCUT2D eigenvalue weighted by Gasteiger charge is -2.42. The summed E-state index contributed by atoms with van der Waals surface area (Å²) in [6.45, 7) is 10.0. The Balaban J connectivity index is 2.05. The van der Waals surface area contributed by atoms with Gasteiger partial charge in [0.25, 0.3) is 0 Å². The van der Waals surface area contributed by atoms with Crippen molar-refractivity contribution in [2.45, 2.75) is 84.2 Å². The lowest BCUT2D eigenvalue weighted by molar-refractivity contribution is -0.129. The summed E-state index contributed by atoms with van der Waals surface area (Å²) in [7, 11) is 0. The largest absolute Gasteiger partial charge is 0.351 e. The number of hydrogen-bond donors (Lipinski definition) is 2. The van der Waals surface area contributed by atoms with Crippen LogP contribution in [0.4, 0.5) is 0 Å². The first kappa shape index (κ1) is 15.8. The second-order valence-electron chi connectivity index (χ2n) is 7.80. The van der Waals surface area contributed by atoms with E-state index in [1.54, 1.807) is 0 Å². The van der Waals surface area contributed by atoms with Gasteiger partial charge in [-0.05, 0) is 50.0 Å². The highest BCUT2D eigenvalue weighted by Crippen LogP contribution is 2.38. The smallest absolute Gasteiger partial charge is 0.240 e. The van der Waals surface area contributed by atoms with Crippen molar-refractivity contribution in [1.29, 1.82) is 0 Å². The number of carbonyl (C=O) groups is 1. The fourth-order valence-electron chi connectivity index (χ4n) is 4.11. The van der Waals surface area contributed by atoms with Crippen LogP contribution in [0.5, 0.6) is 0 Å². The molecule has 0 radical (unpaired) electrons. The summed E-state index contributed by atoms with van der Waals surface area (Å²) in [6, 6.07) is 0.363. The molecule has 1 saturated heterocycles. The molecular formula is C17H32N2O. The van der Waals surface area contributed by atoms with E-state index in [9.17, 15) is 4.79 Å². The minimum atomic E-state index is -0.292. The average molecular weight is 280 g/mol. The summed E-state index contributed by atoms with van der Waals surface area (Å²) in [5, 5.41) is 6.86. The van der Waals surface area contributed by atoms with Crippen LogP contribution < -0.4 is 10.6 Å². The molecule has 1 aliphatic carbocycles. The van der Waals surface area contributed by atoms with E-state index in [0.29, 0.717) is 12.0 Å². The highest BCUT2D eigenvalue weighted by molar-refractivity contribution is 5.87. The van der Waals surface area contributed by atoms with Gasteiger partial charge < -0.3 is 10.6 Å². The van der Waals surface area contributed by atoms with Crippen molar-refractivity contribution in [2.24, 2.45) is 11.3 Å². The van der Waals surface area contributed by atoms with E-state index in [1.807, 2.05) is 0 Å². The van der Waals surface area contributed by atoms with Crippen LogP contribution in [0.15, 0.2) is 0 Å². The van der Waals surface area contributed by atoms with E-state index in [0.717, 1.165) is 32.2 Å². The number of hydrogen-bond acceptors (Lipinski definition) is 2. The molecule has 1 heterocycles. The van der Waals surface area contributed by atoms with Crippen LogP contribution in [-0.4, -0.2) is 24.0 Å². The van der Waals surface area contributed by atoms with Crippen LogP contribution >= 0.6 is 0 Å². The molecule has 1 aliphatic heterocycles. The van der Waals surface area contributed by atoms with Gasteiger partial charge in [-0.3, -0.25) is 4.79 Å². The summed E-state index contributed by atoms with van der Waals surface area (Å²) in [6.07, 6.45) is 7.96. The summed E-state index contributed by atoms with van der Waals surface area (Å²) >= 11 is 0. The molecule has 3 nitrogen and oxygen atoms in total. The maximum atomic E-state index is 12.8. The van der Waals surface area contributed by atoms with Crippen molar-refractivity contribution in [1.82, 2.24) is 10.6 Å². The summed E-state index contributed by atoms with van der Waals surface area (Å²) in [5.41, 5.74) is -0.0132. The predicted molar refractivity (Wildman–Crippen MR) is 83.6 cm³/mol. The molecule has 0 spiro atoms. The first-order valence-electron chi connectivity index (χ1n) is 8.45. The van der Waals surface area contributed by atoms with Crippen molar-refractivity contribution in [3.63, 3.8) is 0 Å². The van der Waals surface area contributed by atoms with Gasteiger partial charge >= 0.3 is 0 Å². The Morgan fingerprint density at radius 1 is 1.25 bits per heavy atom. The minimum Gasteiger partial charge on any atom is -0.351 e. The lowest BCUT2D eigenvalue weighted by Crippen LogP contribution is -2.58. The van der Waals surface area contributed by atoms with Gasteiger partial charge in [0.05, 0.1) is 5.54 Å². The molecule has 0 bridgehead atoms. The maximum Gasteiger partial charge on any atom is 0.240 e.